The van der Waals surface area contributed by atoms with E-state index in [9.17, 15) is 19.5 Å². The van der Waals surface area contributed by atoms with Crippen LogP contribution in [0.4, 0.5) is 5.69 Å². The molecule has 1 heterocycles. The molecular weight excluding hydrogens is 474 g/mol. The van der Waals surface area contributed by atoms with Gasteiger partial charge in [-0.2, -0.15) is 0 Å². The number of anilines is 1. The number of hydrogen-bond donors (Lipinski definition) is 1. The average Bonchev–Trinajstić information content (AvgIpc) is 3.18. The van der Waals surface area contributed by atoms with Gasteiger partial charge in [-0.25, -0.2) is 4.79 Å². The fraction of sp³-hybridized carbons (Fsp3) is 0.207. The Morgan fingerprint density at radius 1 is 0.919 bits per heavy atom. The highest BCUT2D eigenvalue weighted by Gasteiger charge is 2.47. The molecule has 1 saturated heterocycles. The molecule has 190 valence electrons. The van der Waals surface area contributed by atoms with Crippen LogP contribution in [0.25, 0.3) is 5.76 Å². The summed E-state index contributed by atoms with van der Waals surface area (Å²) in [5.41, 5.74) is 2.31. The van der Waals surface area contributed by atoms with Crippen LogP contribution in [0.2, 0.25) is 0 Å². The molecule has 1 amide bonds. The molecular formula is C29H27NO7. The number of aliphatic hydroxyl groups is 1. The quantitative estimate of drug-likeness (QED) is 0.214. The van der Waals surface area contributed by atoms with Gasteiger partial charge in [-0.1, -0.05) is 35.9 Å². The smallest absolute Gasteiger partial charge is 0.338 e. The Morgan fingerprint density at radius 2 is 1.65 bits per heavy atom. The zero-order valence-corrected chi connectivity index (χ0v) is 21.0. The second-order valence-corrected chi connectivity index (χ2v) is 8.42. The molecule has 1 unspecified atom stereocenters. The van der Waals surface area contributed by atoms with Gasteiger partial charge in [0.2, 0.25) is 0 Å². The molecule has 0 aromatic heterocycles. The number of esters is 1. The number of carbonyl (C=O) groups excluding carboxylic acids is 3. The molecule has 3 aromatic carbocycles. The maximum absolute atomic E-state index is 13.4. The third-order valence-electron chi connectivity index (χ3n) is 6.09. The molecule has 1 aliphatic heterocycles. The fourth-order valence-electron chi connectivity index (χ4n) is 4.39. The molecule has 0 saturated carbocycles. The molecule has 3 aromatic rings. The zero-order chi connectivity index (χ0) is 26.7. The second kappa shape index (κ2) is 10.6. The number of Topliss-reactive ketones (excluding diaryl/α,β-unsaturated/α-hetero) is 1. The van der Waals surface area contributed by atoms with Crippen molar-refractivity contribution in [1.82, 2.24) is 0 Å². The lowest BCUT2D eigenvalue weighted by molar-refractivity contribution is -0.132. The van der Waals surface area contributed by atoms with Gasteiger partial charge in [0.25, 0.3) is 11.7 Å². The average molecular weight is 502 g/mol. The Morgan fingerprint density at radius 3 is 2.32 bits per heavy atom. The number of nitrogens with zero attached hydrogens (tertiary/aromatic N) is 1. The number of aryl methyl sites for hydroxylation is 1. The number of carbonyl (C=O) groups is 3. The van der Waals surface area contributed by atoms with Crippen molar-refractivity contribution in [3.05, 3.63) is 94.6 Å². The molecule has 0 spiro atoms. The topological polar surface area (TPSA) is 102 Å². The summed E-state index contributed by atoms with van der Waals surface area (Å²) in [6.07, 6.45) is 0. The van der Waals surface area contributed by atoms with Crippen LogP contribution in [0.15, 0.2) is 72.3 Å². The molecule has 8 nitrogen and oxygen atoms in total. The highest BCUT2D eigenvalue weighted by atomic mass is 16.5. The molecule has 1 atom stereocenters. The summed E-state index contributed by atoms with van der Waals surface area (Å²) in [6, 6.07) is 17.5. The predicted molar refractivity (Wildman–Crippen MR) is 138 cm³/mol. The van der Waals surface area contributed by atoms with E-state index in [0.717, 1.165) is 5.56 Å². The molecule has 0 aliphatic carbocycles. The van der Waals surface area contributed by atoms with E-state index in [4.69, 9.17) is 14.2 Å². The molecule has 8 heteroatoms. The van der Waals surface area contributed by atoms with Crippen molar-refractivity contribution in [2.45, 2.75) is 19.9 Å². The first-order valence-electron chi connectivity index (χ1n) is 11.7. The van der Waals surface area contributed by atoms with E-state index in [0.29, 0.717) is 22.7 Å². The van der Waals surface area contributed by atoms with Crippen LogP contribution in [0, 0.1) is 6.92 Å². The van der Waals surface area contributed by atoms with Gasteiger partial charge in [0.1, 0.15) is 5.76 Å². The van der Waals surface area contributed by atoms with Crippen LogP contribution in [-0.4, -0.2) is 43.6 Å². The summed E-state index contributed by atoms with van der Waals surface area (Å²) in [4.78, 5) is 40.5. The number of benzene rings is 3. The van der Waals surface area contributed by atoms with Gasteiger partial charge in [0, 0.05) is 11.3 Å². The number of rotatable bonds is 7. The third kappa shape index (κ3) is 4.78. The normalized spacial score (nSPS) is 16.5. The van der Waals surface area contributed by atoms with Crippen molar-refractivity contribution in [3.63, 3.8) is 0 Å². The summed E-state index contributed by atoms with van der Waals surface area (Å²) in [7, 11) is 2.95. The molecule has 37 heavy (non-hydrogen) atoms. The number of ketones is 1. The Hall–Kier alpha value is -4.59. The first-order chi connectivity index (χ1) is 17.8. The minimum absolute atomic E-state index is 0.0793. The Bertz CT molecular complexity index is 1410. The zero-order valence-electron chi connectivity index (χ0n) is 21.0. The molecule has 1 aliphatic rings. The van der Waals surface area contributed by atoms with Crippen molar-refractivity contribution in [2.75, 3.05) is 25.7 Å². The van der Waals surface area contributed by atoms with Crippen molar-refractivity contribution < 1.29 is 33.7 Å². The molecule has 4 rings (SSSR count). The fourth-order valence-corrected chi connectivity index (χ4v) is 4.39. The number of methoxy groups -OCH3 is 2. The SMILES string of the molecule is CCOC(=O)c1cccc(N2C(=O)C(=O)/C(=C(/O)c3ccc(OC)c(OC)c3)C2c2cccc(C)c2)c1. The first-order valence-corrected chi connectivity index (χ1v) is 11.7. The van der Waals surface area contributed by atoms with E-state index >= 15 is 0 Å². The minimum Gasteiger partial charge on any atom is -0.507 e. The minimum atomic E-state index is -0.939. The standard InChI is InChI=1S/C29H27NO7/c1-5-37-29(34)20-10-7-11-21(15-20)30-25(18-9-6-8-17(2)14-18)24(27(32)28(30)33)26(31)19-12-13-22(35-3)23(16-19)36-4/h6-16,25,31H,5H2,1-4H3/b26-24+. The van der Waals surface area contributed by atoms with Crippen molar-refractivity contribution in [1.29, 1.82) is 0 Å². The van der Waals surface area contributed by atoms with Crippen LogP contribution < -0.4 is 14.4 Å². The maximum atomic E-state index is 13.4. The molecule has 1 N–H and O–H groups in total. The van der Waals surface area contributed by atoms with Crippen molar-refractivity contribution in [3.8, 4) is 11.5 Å². The lowest BCUT2D eigenvalue weighted by Gasteiger charge is -2.26. The van der Waals surface area contributed by atoms with E-state index in [2.05, 4.69) is 0 Å². The number of amides is 1. The Labute approximate surface area is 214 Å². The summed E-state index contributed by atoms with van der Waals surface area (Å²) >= 11 is 0. The van der Waals surface area contributed by atoms with Crippen molar-refractivity contribution in [2.24, 2.45) is 0 Å². The van der Waals surface area contributed by atoms with E-state index in [1.54, 1.807) is 43.3 Å². The number of ether oxygens (including phenoxy) is 3. The highest BCUT2D eigenvalue weighted by Crippen LogP contribution is 2.43. The largest absolute Gasteiger partial charge is 0.507 e. The monoisotopic (exact) mass is 501 g/mol. The van der Waals surface area contributed by atoms with Gasteiger partial charge in [-0.3, -0.25) is 14.5 Å². The summed E-state index contributed by atoms with van der Waals surface area (Å²) in [5, 5.41) is 11.4. The maximum Gasteiger partial charge on any atom is 0.338 e. The lowest BCUT2D eigenvalue weighted by Crippen LogP contribution is -2.29. The van der Waals surface area contributed by atoms with Gasteiger partial charge < -0.3 is 19.3 Å². The Kier molecular flexibility index (Phi) is 7.29. The number of hydrogen-bond acceptors (Lipinski definition) is 7. The van der Waals surface area contributed by atoms with Crippen LogP contribution in [-0.2, 0) is 14.3 Å². The summed E-state index contributed by atoms with van der Waals surface area (Å²) in [5.74, 6) is -1.76. The molecule has 0 bridgehead atoms. The van der Waals surface area contributed by atoms with Gasteiger partial charge in [-0.15, -0.1) is 0 Å². The molecule has 0 radical (unpaired) electrons. The number of aliphatic hydroxyl groups excluding tert-OH is 1. The van der Waals surface area contributed by atoms with E-state index in [1.165, 1.54) is 31.3 Å². The van der Waals surface area contributed by atoms with Crippen LogP contribution in [0.1, 0.15) is 40.0 Å². The van der Waals surface area contributed by atoms with E-state index in [-0.39, 0.29) is 29.1 Å². The van der Waals surface area contributed by atoms with Gasteiger partial charge >= 0.3 is 5.97 Å². The predicted octanol–water partition coefficient (Wildman–Crippen LogP) is 4.82. The second-order valence-electron chi connectivity index (χ2n) is 8.42. The van der Waals surface area contributed by atoms with Crippen LogP contribution in [0.3, 0.4) is 0 Å². The highest BCUT2D eigenvalue weighted by molar-refractivity contribution is 6.51. The molecule has 1 fully saturated rings. The van der Waals surface area contributed by atoms with Gasteiger partial charge in [0.15, 0.2) is 11.5 Å². The summed E-state index contributed by atoms with van der Waals surface area (Å²) < 4.78 is 15.7. The van der Waals surface area contributed by atoms with Gasteiger partial charge in [0.05, 0.1) is 38.0 Å². The lowest BCUT2D eigenvalue weighted by atomic mass is 9.94. The van der Waals surface area contributed by atoms with E-state index in [1.807, 2.05) is 25.1 Å². The van der Waals surface area contributed by atoms with Crippen molar-refractivity contribution >= 4 is 29.1 Å². The summed E-state index contributed by atoms with van der Waals surface area (Å²) in [6.45, 7) is 3.79. The third-order valence-corrected chi connectivity index (χ3v) is 6.09. The van der Waals surface area contributed by atoms with Gasteiger partial charge in [-0.05, 0) is 55.8 Å². The first kappa shape index (κ1) is 25.5. The van der Waals surface area contributed by atoms with E-state index < -0.39 is 23.7 Å². The van der Waals surface area contributed by atoms with Crippen LogP contribution in [0.5, 0.6) is 11.5 Å². The van der Waals surface area contributed by atoms with Crippen LogP contribution >= 0.6 is 0 Å². The Balaban J connectivity index is 1.92.